The van der Waals surface area contributed by atoms with Crippen LogP contribution >= 0.6 is 23.2 Å². The number of H-pyrrole nitrogens is 2. The molecule has 2 heterocycles. The molecule has 346 valence electrons. The zero-order valence-electron chi connectivity index (χ0n) is 38.8. The summed E-state index contributed by atoms with van der Waals surface area (Å²) in [5, 5.41) is 62.1. The zero-order valence-corrected chi connectivity index (χ0v) is 47.6. The van der Waals surface area contributed by atoms with E-state index in [9.17, 15) is 44.1 Å². The number of nitrogens with one attached hydrogen (secondary N) is 2. The Balaban J connectivity index is 0.000000360. The number of benzene rings is 6. The van der Waals surface area contributed by atoms with Gasteiger partial charge in [0.1, 0.15) is 0 Å². The number of aromatic amines is 2. The first-order valence-corrected chi connectivity index (χ1v) is 20.7. The summed E-state index contributed by atoms with van der Waals surface area (Å²) >= 11 is 11.8. The second-order valence-electron chi connectivity index (χ2n) is 14.6. The van der Waals surface area contributed by atoms with Crippen LogP contribution in [0.25, 0.3) is 11.4 Å². The molecule has 18 nitrogen and oxygen atoms in total. The molecule has 6 aromatic carbocycles. The van der Waals surface area contributed by atoms with Gasteiger partial charge in [-0.25, -0.2) is 19.0 Å². The average Bonchev–Trinajstić information content (AvgIpc) is 3.78. The Bertz CT molecular complexity index is 3260. The molecule has 0 aliphatic rings. The van der Waals surface area contributed by atoms with Crippen molar-refractivity contribution in [2.45, 2.75) is 13.8 Å². The van der Waals surface area contributed by atoms with Crippen LogP contribution in [-0.2, 0) is 17.4 Å². The predicted octanol–water partition coefficient (Wildman–Crippen LogP) is 0.465. The van der Waals surface area contributed by atoms with Crippen molar-refractivity contribution in [2.75, 3.05) is 0 Å². The maximum absolute atomic E-state index is 12.8. The molecular weight excluding hydrogens is 1040 g/mol. The third-order valence-corrected chi connectivity index (χ3v) is 10.6. The van der Waals surface area contributed by atoms with Crippen molar-refractivity contribution in [2.24, 2.45) is 20.5 Å². The quantitative estimate of drug-likeness (QED) is 0.0572. The molecular formula is C48H34Cl2CrN8Na3O10+3. The Labute approximate surface area is 495 Å². The first-order valence-electron chi connectivity index (χ1n) is 19.9. The Hall–Kier alpha value is -5.47. The topological polar surface area (TPSA) is 280 Å². The minimum atomic E-state index is -1.25. The van der Waals surface area contributed by atoms with Crippen LogP contribution in [-0.4, -0.2) is 58.4 Å². The van der Waals surface area contributed by atoms with Gasteiger partial charge in [-0.1, -0.05) is 71.4 Å². The van der Waals surface area contributed by atoms with Crippen LogP contribution in [0.2, 0.25) is 10.0 Å². The smallest absolute Gasteiger partial charge is 0.871 e. The average molecular weight is 1070 g/mol. The summed E-state index contributed by atoms with van der Waals surface area (Å²) in [6.45, 7) is 3.31. The van der Waals surface area contributed by atoms with Crippen molar-refractivity contribution in [1.82, 2.24) is 19.6 Å². The van der Waals surface area contributed by atoms with Crippen molar-refractivity contribution >= 4 is 69.5 Å². The SMILES string of the molecule is Cc1[nH]n(-c2ccc(Cl)cc2)c(=O)c1N=Nc1ccc(C(=O)c2ccccc2C(=O)O)cc1[O-].Cc1[nH]n(-c2ccc(Cl)cc2)c(=O)c1N=Nc1ccc(C(=O)c2ccccc2C(=O)O)cc1[OH2+].[Cr].[Na+].[Na+].[Na+]. The molecule has 0 fully saturated rings. The van der Waals surface area contributed by atoms with Crippen molar-refractivity contribution < 1.29 is 146 Å². The second kappa shape index (κ2) is 27.0. The standard InChI is InChI=1S/2C24H17ClN4O5.Cr.3Na/c2*1-13-21(23(32)29(28-13)16-9-7-15(25)8-10-16)27-26-19-11-6-14(12-20(19)30)22(31)17-4-2-3-5-18(17)24(33)34;;;;/h2*2-12,28,30H,1H3,(H,33,34);;;;/q;;;3*+1. The maximum atomic E-state index is 12.8. The summed E-state index contributed by atoms with van der Waals surface area (Å²) in [6, 6.07) is 32.7. The number of aromatic nitrogens is 4. The Morgan fingerprint density at radius 3 is 1.28 bits per heavy atom. The number of nitrogens with zero attached hydrogens (tertiary/aromatic N) is 6. The molecule has 0 saturated carbocycles. The van der Waals surface area contributed by atoms with E-state index in [4.69, 9.17) is 28.3 Å². The van der Waals surface area contributed by atoms with Gasteiger partial charge in [0.05, 0.1) is 39.6 Å². The number of rotatable bonds is 12. The number of ketones is 2. The van der Waals surface area contributed by atoms with E-state index in [2.05, 4.69) is 30.7 Å². The van der Waals surface area contributed by atoms with Gasteiger partial charge < -0.3 is 20.4 Å². The Morgan fingerprint density at radius 1 is 0.542 bits per heavy atom. The van der Waals surface area contributed by atoms with Crippen molar-refractivity contribution in [3.63, 3.8) is 0 Å². The molecule has 6 N–H and O–H groups in total. The van der Waals surface area contributed by atoms with Crippen LogP contribution in [0.3, 0.4) is 0 Å². The van der Waals surface area contributed by atoms with Gasteiger partial charge in [-0.05, 0) is 98.8 Å². The molecule has 0 bridgehead atoms. The van der Waals surface area contributed by atoms with Crippen molar-refractivity contribution in [3.05, 3.63) is 209 Å². The van der Waals surface area contributed by atoms with E-state index in [1.807, 2.05) is 0 Å². The molecule has 0 atom stereocenters. The van der Waals surface area contributed by atoms with Crippen LogP contribution in [0.4, 0.5) is 22.7 Å². The molecule has 0 aliphatic heterocycles. The van der Waals surface area contributed by atoms with E-state index in [-0.39, 0.29) is 168 Å². The third-order valence-electron chi connectivity index (χ3n) is 10.1. The molecule has 8 aromatic rings. The minimum Gasteiger partial charge on any atom is -0.871 e. The number of halogens is 2. The van der Waals surface area contributed by atoms with E-state index in [0.29, 0.717) is 32.8 Å². The molecule has 0 radical (unpaired) electrons. The van der Waals surface area contributed by atoms with E-state index < -0.39 is 40.4 Å². The molecule has 8 rings (SSSR count). The number of carboxylic acids is 2. The number of azo groups is 2. The number of hydrogen-bond donors (Lipinski definition) is 4. The van der Waals surface area contributed by atoms with Crippen molar-refractivity contribution in [3.8, 4) is 22.9 Å². The van der Waals surface area contributed by atoms with Gasteiger partial charge in [-0.2, -0.15) is 5.11 Å². The van der Waals surface area contributed by atoms with Gasteiger partial charge in [-0.3, -0.25) is 29.4 Å². The fourth-order valence-electron chi connectivity index (χ4n) is 6.61. The van der Waals surface area contributed by atoms with E-state index in [0.717, 1.165) is 6.07 Å². The summed E-state index contributed by atoms with van der Waals surface area (Å²) in [6.07, 6.45) is 0. The summed E-state index contributed by atoms with van der Waals surface area (Å²) in [5.74, 6) is -4.30. The Kier molecular flexibility index (Phi) is 22.8. The summed E-state index contributed by atoms with van der Waals surface area (Å²) in [7, 11) is 0. The van der Waals surface area contributed by atoms with E-state index >= 15 is 0 Å². The van der Waals surface area contributed by atoms with Crippen LogP contribution in [0.5, 0.6) is 11.5 Å². The fourth-order valence-corrected chi connectivity index (χ4v) is 6.86. The van der Waals surface area contributed by atoms with E-state index in [1.165, 1.54) is 82.2 Å². The number of carbonyl (C=O) groups excluding carboxylic acids is 2. The normalized spacial score (nSPS) is 10.5. The summed E-state index contributed by atoms with van der Waals surface area (Å²) in [5.41, 5.74) is 1.16. The monoisotopic (exact) mass is 1070 g/mol. The van der Waals surface area contributed by atoms with Gasteiger partial charge in [0.15, 0.2) is 28.6 Å². The minimum absolute atomic E-state index is 0. The van der Waals surface area contributed by atoms with Gasteiger partial charge in [0.25, 0.3) is 16.9 Å². The molecule has 0 aliphatic carbocycles. The molecule has 0 unspecified atom stereocenters. The predicted molar refractivity (Wildman–Crippen MR) is 250 cm³/mol. The third kappa shape index (κ3) is 14.0. The second-order valence-corrected chi connectivity index (χ2v) is 15.5. The number of hydrogen-bond acceptors (Lipinski definition) is 11. The fraction of sp³-hybridized carbons (Fsp3) is 0.0417. The van der Waals surface area contributed by atoms with Gasteiger partial charge >= 0.3 is 101 Å². The zero-order chi connectivity index (χ0) is 48.8. The molecule has 72 heavy (non-hydrogen) atoms. The largest absolute Gasteiger partial charge is 1.00 e. The maximum Gasteiger partial charge on any atom is 1.00 e. The molecule has 0 amide bonds. The summed E-state index contributed by atoms with van der Waals surface area (Å²) in [4.78, 5) is 73.9. The molecule has 0 saturated heterocycles. The van der Waals surface area contributed by atoms with E-state index in [1.54, 1.807) is 68.4 Å². The van der Waals surface area contributed by atoms with Gasteiger partial charge in [0, 0.05) is 55.7 Å². The van der Waals surface area contributed by atoms with Crippen molar-refractivity contribution in [1.29, 1.82) is 0 Å². The molecule has 2 aromatic heterocycles. The van der Waals surface area contributed by atoms with Crippen LogP contribution in [0.15, 0.2) is 164 Å². The van der Waals surface area contributed by atoms with Crippen LogP contribution < -0.4 is 105 Å². The Morgan fingerprint density at radius 2 is 0.903 bits per heavy atom. The molecule has 24 heteroatoms. The van der Waals surface area contributed by atoms with Gasteiger partial charge in [0.2, 0.25) is 0 Å². The summed E-state index contributed by atoms with van der Waals surface area (Å²) < 4.78 is 2.59. The van der Waals surface area contributed by atoms with Crippen LogP contribution in [0, 0.1) is 13.8 Å². The van der Waals surface area contributed by atoms with Crippen LogP contribution in [0.1, 0.15) is 63.9 Å². The number of carbonyl (C=O) groups is 4. The van der Waals surface area contributed by atoms with Gasteiger partial charge in [-0.15, -0.1) is 15.3 Å². The number of aryl methyl sites for hydroxylation is 2. The first kappa shape index (κ1) is 60.8. The first-order chi connectivity index (χ1) is 32.5. The molecule has 0 spiro atoms. The number of aromatic carboxylic acids is 2. The number of carboxylic acid groups (broad SMARTS) is 2.